The number of nitriles is 1. The molecule has 0 aliphatic carbocycles. The summed E-state index contributed by atoms with van der Waals surface area (Å²) in [6.07, 6.45) is 8.76. The van der Waals surface area contributed by atoms with Gasteiger partial charge in [0, 0.05) is 16.7 Å². The number of benzene rings is 1. The quantitative estimate of drug-likeness (QED) is 0.827. The molecular weight excluding hydrogens is 252 g/mol. The lowest BCUT2D eigenvalue weighted by atomic mass is 10.0. The van der Waals surface area contributed by atoms with Crippen LogP contribution < -0.4 is 0 Å². The fourth-order valence-corrected chi connectivity index (χ4v) is 2.77. The second kappa shape index (κ2) is 5.07. The van der Waals surface area contributed by atoms with Crippen LogP contribution in [0.15, 0.2) is 41.4 Å². The molecule has 0 N–H and O–H groups in total. The van der Waals surface area contributed by atoms with Gasteiger partial charge in [0.2, 0.25) is 0 Å². The average molecular weight is 270 g/mol. The lowest BCUT2D eigenvalue weighted by Gasteiger charge is -2.25. The molecule has 0 atom stereocenters. The van der Waals surface area contributed by atoms with Crippen LogP contribution in [0.3, 0.4) is 0 Å². The Morgan fingerprint density at radius 1 is 1.11 bits per heavy atom. The number of rotatable bonds is 2. The lowest BCUT2D eigenvalue weighted by Crippen LogP contribution is -1.95. The first-order chi connectivity index (χ1) is 8.91. The summed E-state index contributed by atoms with van der Waals surface area (Å²) in [5.41, 5.74) is 3.84. The van der Waals surface area contributed by atoms with E-state index in [1.165, 1.54) is 4.90 Å². The number of aryl methyl sites for hydroxylation is 1. The Labute approximate surface area is 116 Å². The molecule has 98 valence electrons. The van der Waals surface area contributed by atoms with Crippen LogP contribution >= 0.6 is 10.0 Å². The van der Waals surface area contributed by atoms with E-state index in [0.29, 0.717) is 5.56 Å². The topological polar surface area (TPSA) is 36.7 Å². The highest BCUT2D eigenvalue weighted by atomic mass is 32.3. The van der Waals surface area contributed by atoms with Crippen molar-refractivity contribution in [2.45, 2.75) is 11.8 Å². The van der Waals surface area contributed by atoms with Crippen LogP contribution in [-0.2, 0) is 0 Å². The van der Waals surface area contributed by atoms with Gasteiger partial charge in [0.25, 0.3) is 0 Å². The van der Waals surface area contributed by atoms with Gasteiger partial charge in [0.15, 0.2) is 0 Å². The zero-order valence-electron chi connectivity index (χ0n) is 11.8. The molecule has 1 aromatic carbocycles. The van der Waals surface area contributed by atoms with E-state index >= 15 is 0 Å². The highest BCUT2D eigenvalue weighted by molar-refractivity contribution is 8.32. The van der Waals surface area contributed by atoms with Gasteiger partial charge in [-0.1, -0.05) is 6.07 Å². The van der Waals surface area contributed by atoms with Crippen molar-refractivity contribution in [2.75, 3.05) is 18.8 Å². The summed E-state index contributed by atoms with van der Waals surface area (Å²) in [5.74, 6) is 0. The van der Waals surface area contributed by atoms with Gasteiger partial charge in [-0.25, -0.2) is 10.0 Å². The standard InChI is InChI=1S/C16H18N2S/c1-12-9-13(10-17)5-7-15(12)16-8-6-14(11-18-16)19(2,3)4/h5-9,11H,1-4H3. The summed E-state index contributed by atoms with van der Waals surface area (Å²) in [7, 11) is -0.728. The van der Waals surface area contributed by atoms with Crippen molar-refractivity contribution in [3.63, 3.8) is 0 Å². The van der Waals surface area contributed by atoms with E-state index in [4.69, 9.17) is 5.26 Å². The van der Waals surface area contributed by atoms with E-state index in [0.717, 1.165) is 16.8 Å². The van der Waals surface area contributed by atoms with Gasteiger partial charge in [-0.2, -0.15) is 5.26 Å². The van der Waals surface area contributed by atoms with Crippen molar-refractivity contribution in [3.05, 3.63) is 47.7 Å². The molecule has 0 unspecified atom stereocenters. The molecule has 0 fully saturated rings. The minimum Gasteiger partial charge on any atom is -0.255 e. The molecule has 0 aliphatic heterocycles. The fraction of sp³-hybridized carbons (Fsp3) is 0.250. The Morgan fingerprint density at radius 2 is 1.84 bits per heavy atom. The van der Waals surface area contributed by atoms with E-state index in [1.807, 2.05) is 31.3 Å². The molecule has 0 amide bonds. The molecule has 2 rings (SSSR count). The third kappa shape index (κ3) is 2.97. The predicted molar refractivity (Wildman–Crippen MR) is 82.8 cm³/mol. The number of nitrogens with zero attached hydrogens (tertiary/aromatic N) is 2. The van der Waals surface area contributed by atoms with Crippen LogP contribution in [0.25, 0.3) is 11.3 Å². The first-order valence-corrected chi connectivity index (χ1v) is 8.93. The Kier molecular flexibility index (Phi) is 3.64. The van der Waals surface area contributed by atoms with Crippen molar-refractivity contribution in [2.24, 2.45) is 0 Å². The number of aromatic nitrogens is 1. The third-order valence-corrected chi connectivity index (χ3v) is 4.73. The Bertz CT molecular complexity index is 631. The number of hydrogen-bond donors (Lipinski definition) is 0. The molecule has 2 nitrogen and oxygen atoms in total. The smallest absolute Gasteiger partial charge is 0.0991 e. The van der Waals surface area contributed by atoms with Crippen LogP contribution in [-0.4, -0.2) is 23.8 Å². The second-order valence-electron chi connectivity index (χ2n) is 5.36. The minimum atomic E-state index is -0.728. The second-order valence-corrected chi connectivity index (χ2v) is 9.50. The molecule has 3 heteroatoms. The highest BCUT2D eigenvalue weighted by Crippen LogP contribution is 2.44. The van der Waals surface area contributed by atoms with E-state index in [9.17, 15) is 0 Å². The van der Waals surface area contributed by atoms with Gasteiger partial charge in [-0.3, -0.25) is 4.98 Å². The van der Waals surface area contributed by atoms with Crippen molar-refractivity contribution in [1.29, 1.82) is 5.26 Å². The molecule has 1 aromatic heterocycles. The summed E-state index contributed by atoms with van der Waals surface area (Å²) >= 11 is 0. The van der Waals surface area contributed by atoms with Crippen molar-refractivity contribution >= 4 is 10.0 Å². The Balaban J connectivity index is 2.41. The maximum atomic E-state index is 8.89. The summed E-state index contributed by atoms with van der Waals surface area (Å²) in [4.78, 5) is 5.88. The van der Waals surface area contributed by atoms with E-state index in [2.05, 4.69) is 42.0 Å². The zero-order valence-corrected chi connectivity index (χ0v) is 12.6. The largest absolute Gasteiger partial charge is 0.255 e. The van der Waals surface area contributed by atoms with Gasteiger partial charge < -0.3 is 0 Å². The van der Waals surface area contributed by atoms with Gasteiger partial charge in [0.1, 0.15) is 0 Å². The van der Waals surface area contributed by atoms with E-state index in [-0.39, 0.29) is 0 Å². The van der Waals surface area contributed by atoms with E-state index < -0.39 is 10.0 Å². The summed E-state index contributed by atoms with van der Waals surface area (Å²) < 4.78 is 0. The predicted octanol–water partition coefficient (Wildman–Crippen LogP) is 3.98. The molecule has 0 radical (unpaired) electrons. The summed E-state index contributed by atoms with van der Waals surface area (Å²) in [5, 5.41) is 8.89. The Morgan fingerprint density at radius 3 is 2.32 bits per heavy atom. The zero-order chi connectivity index (χ0) is 14.0. The maximum absolute atomic E-state index is 8.89. The maximum Gasteiger partial charge on any atom is 0.0991 e. The first kappa shape index (κ1) is 13.6. The first-order valence-electron chi connectivity index (χ1n) is 6.07. The molecule has 0 saturated heterocycles. The molecule has 0 saturated carbocycles. The minimum absolute atomic E-state index is 0.692. The molecule has 0 bridgehead atoms. The molecule has 19 heavy (non-hydrogen) atoms. The number of pyridine rings is 1. The van der Waals surface area contributed by atoms with Gasteiger partial charge in [0.05, 0.1) is 17.3 Å². The number of hydrogen-bond acceptors (Lipinski definition) is 2. The van der Waals surface area contributed by atoms with Gasteiger partial charge in [-0.15, -0.1) is 0 Å². The molecule has 1 heterocycles. The molecule has 0 spiro atoms. The summed E-state index contributed by atoms with van der Waals surface area (Å²) in [6, 6.07) is 12.1. The molecule has 2 aromatic rings. The molecule has 0 aliphatic rings. The van der Waals surface area contributed by atoms with Crippen LogP contribution in [0.4, 0.5) is 0 Å². The lowest BCUT2D eigenvalue weighted by molar-refractivity contribution is 1.22. The normalized spacial score (nSPS) is 11.9. The van der Waals surface area contributed by atoms with E-state index in [1.54, 1.807) is 0 Å². The average Bonchev–Trinajstić information content (AvgIpc) is 2.37. The van der Waals surface area contributed by atoms with Gasteiger partial charge >= 0.3 is 0 Å². The monoisotopic (exact) mass is 270 g/mol. The fourth-order valence-electron chi connectivity index (χ4n) is 1.92. The van der Waals surface area contributed by atoms with Gasteiger partial charge in [-0.05, 0) is 55.5 Å². The Hall–Kier alpha value is -1.79. The van der Waals surface area contributed by atoms with Crippen LogP contribution in [0.1, 0.15) is 11.1 Å². The van der Waals surface area contributed by atoms with Crippen molar-refractivity contribution < 1.29 is 0 Å². The summed E-state index contributed by atoms with van der Waals surface area (Å²) in [6.45, 7) is 2.01. The SMILES string of the molecule is Cc1cc(C#N)ccc1-c1ccc(S(C)(C)C)cn1. The van der Waals surface area contributed by atoms with Crippen LogP contribution in [0.2, 0.25) is 0 Å². The highest BCUT2D eigenvalue weighted by Gasteiger charge is 2.10. The third-order valence-electron chi connectivity index (χ3n) is 3.07. The van der Waals surface area contributed by atoms with Crippen molar-refractivity contribution in [1.82, 2.24) is 4.98 Å². The van der Waals surface area contributed by atoms with Crippen LogP contribution in [0.5, 0.6) is 0 Å². The van der Waals surface area contributed by atoms with Crippen molar-refractivity contribution in [3.8, 4) is 17.3 Å². The molecular formula is C16H18N2S. The van der Waals surface area contributed by atoms with Crippen LogP contribution in [0, 0.1) is 18.3 Å².